The number of benzene rings is 2. The van der Waals surface area contributed by atoms with Crippen LogP contribution in [0.4, 0.5) is 0 Å². The molecule has 2 atom stereocenters. The molecule has 4 nitrogen and oxygen atoms in total. The molecule has 2 N–H and O–H groups in total. The van der Waals surface area contributed by atoms with Gasteiger partial charge in [-0.15, -0.1) is 0 Å². The molecule has 2 rings (SSSR count). The van der Waals surface area contributed by atoms with Crippen molar-refractivity contribution in [3.05, 3.63) is 71.3 Å². The molecule has 4 heteroatoms. The van der Waals surface area contributed by atoms with Crippen molar-refractivity contribution in [3.63, 3.8) is 0 Å². The Hall–Kier alpha value is -2.17. The molecule has 0 fully saturated rings. The lowest BCUT2D eigenvalue weighted by Crippen LogP contribution is -2.47. The summed E-state index contributed by atoms with van der Waals surface area (Å²) in [6.45, 7) is 3.77. The Balaban J connectivity index is 2.04. The number of amides is 1. The van der Waals surface area contributed by atoms with Gasteiger partial charge in [0.1, 0.15) is 0 Å². The maximum atomic E-state index is 12.3. The number of aryl methyl sites for hydroxylation is 1. The predicted octanol–water partition coefficient (Wildman–Crippen LogP) is 2.69. The van der Waals surface area contributed by atoms with E-state index in [1.165, 1.54) is 0 Å². The second-order valence-electron chi connectivity index (χ2n) is 5.46. The molecule has 0 aromatic heterocycles. The molecule has 0 unspecified atom stereocenters. The van der Waals surface area contributed by atoms with Gasteiger partial charge in [-0.3, -0.25) is 10.2 Å². The standard InChI is InChI=1S/C18H22N2O2/c1-13-9-7-8-12-16(13)18(22)19-20(3)14(2)17(21)15-10-5-4-6-11-15/h4-12,14,17,21H,1-3H3,(H,19,22)/t14-,17-/m1/s1. The fraction of sp³-hybridized carbons (Fsp3) is 0.278. The van der Waals surface area contributed by atoms with Crippen LogP contribution in [0.5, 0.6) is 0 Å². The van der Waals surface area contributed by atoms with Gasteiger partial charge in [-0.1, -0.05) is 48.5 Å². The number of nitrogens with one attached hydrogen (secondary N) is 1. The molecule has 116 valence electrons. The topological polar surface area (TPSA) is 52.6 Å². The van der Waals surface area contributed by atoms with Crippen LogP contribution >= 0.6 is 0 Å². The fourth-order valence-corrected chi connectivity index (χ4v) is 2.29. The van der Waals surface area contributed by atoms with Crippen molar-refractivity contribution in [3.8, 4) is 0 Å². The highest BCUT2D eigenvalue weighted by molar-refractivity contribution is 5.95. The zero-order valence-electron chi connectivity index (χ0n) is 13.2. The molecule has 0 aliphatic heterocycles. The van der Waals surface area contributed by atoms with Gasteiger partial charge >= 0.3 is 0 Å². The number of rotatable bonds is 5. The van der Waals surface area contributed by atoms with E-state index in [0.717, 1.165) is 11.1 Å². The van der Waals surface area contributed by atoms with E-state index in [9.17, 15) is 9.90 Å². The van der Waals surface area contributed by atoms with Gasteiger partial charge in [0.05, 0.1) is 12.1 Å². The van der Waals surface area contributed by atoms with Crippen LogP contribution in [0.1, 0.15) is 34.5 Å². The Morgan fingerprint density at radius 3 is 2.32 bits per heavy atom. The highest BCUT2D eigenvalue weighted by atomic mass is 16.3. The number of carbonyl (C=O) groups is 1. The minimum atomic E-state index is -0.677. The number of nitrogens with zero attached hydrogens (tertiary/aromatic N) is 1. The quantitative estimate of drug-likeness (QED) is 0.835. The van der Waals surface area contributed by atoms with Crippen LogP contribution in [0.3, 0.4) is 0 Å². The maximum Gasteiger partial charge on any atom is 0.265 e. The zero-order chi connectivity index (χ0) is 16.1. The van der Waals surface area contributed by atoms with Gasteiger partial charge in [-0.05, 0) is 31.0 Å². The van der Waals surface area contributed by atoms with E-state index in [2.05, 4.69) is 5.43 Å². The minimum Gasteiger partial charge on any atom is -0.387 e. The van der Waals surface area contributed by atoms with Crippen molar-refractivity contribution >= 4 is 5.91 Å². The van der Waals surface area contributed by atoms with Crippen molar-refractivity contribution in [1.82, 2.24) is 10.4 Å². The summed E-state index contributed by atoms with van der Waals surface area (Å²) in [5.41, 5.74) is 5.20. The number of aliphatic hydroxyl groups is 1. The first-order valence-electron chi connectivity index (χ1n) is 7.33. The Morgan fingerprint density at radius 2 is 1.68 bits per heavy atom. The number of hydrogen-bond donors (Lipinski definition) is 2. The van der Waals surface area contributed by atoms with Gasteiger partial charge in [-0.2, -0.15) is 0 Å². The highest BCUT2D eigenvalue weighted by Gasteiger charge is 2.22. The predicted molar refractivity (Wildman–Crippen MR) is 87.3 cm³/mol. The Kier molecular flexibility index (Phi) is 5.31. The summed E-state index contributed by atoms with van der Waals surface area (Å²) in [6.07, 6.45) is -0.677. The van der Waals surface area contributed by atoms with Gasteiger partial charge in [0.25, 0.3) is 5.91 Å². The van der Waals surface area contributed by atoms with Gasteiger partial charge in [-0.25, -0.2) is 5.01 Å². The average molecular weight is 298 g/mol. The zero-order valence-corrected chi connectivity index (χ0v) is 13.2. The second kappa shape index (κ2) is 7.20. The van der Waals surface area contributed by atoms with Crippen LogP contribution in [0.15, 0.2) is 54.6 Å². The van der Waals surface area contributed by atoms with Gasteiger partial charge < -0.3 is 5.11 Å². The van der Waals surface area contributed by atoms with Crippen molar-refractivity contribution < 1.29 is 9.90 Å². The first kappa shape index (κ1) is 16.2. The van der Waals surface area contributed by atoms with Crippen LogP contribution < -0.4 is 5.43 Å². The third-order valence-electron chi connectivity index (χ3n) is 3.88. The summed E-state index contributed by atoms with van der Waals surface area (Å²) < 4.78 is 0. The summed E-state index contributed by atoms with van der Waals surface area (Å²) in [5, 5.41) is 12.0. The first-order valence-corrected chi connectivity index (χ1v) is 7.33. The number of aliphatic hydroxyl groups excluding tert-OH is 1. The van der Waals surface area contributed by atoms with E-state index in [1.54, 1.807) is 18.1 Å². The maximum absolute atomic E-state index is 12.3. The number of hydrazine groups is 1. The summed E-state index contributed by atoms with van der Waals surface area (Å²) in [5.74, 6) is -0.173. The van der Waals surface area contributed by atoms with Crippen LogP contribution in [0, 0.1) is 6.92 Å². The van der Waals surface area contributed by atoms with Gasteiger partial charge in [0.15, 0.2) is 0 Å². The van der Waals surface area contributed by atoms with E-state index in [1.807, 2.05) is 62.4 Å². The summed E-state index contributed by atoms with van der Waals surface area (Å²) >= 11 is 0. The minimum absolute atomic E-state index is 0.173. The summed E-state index contributed by atoms with van der Waals surface area (Å²) in [4.78, 5) is 12.3. The van der Waals surface area contributed by atoms with Gasteiger partial charge in [0.2, 0.25) is 0 Å². The normalized spacial score (nSPS) is 13.7. The Labute approximate surface area is 131 Å². The molecule has 0 aliphatic rings. The average Bonchev–Trinajstić information content (AvgIpc) is 2.54. The second-order valence-corrected chi connectivity index (χ2v) is 5.46. The van der Waals surface area contributed by atoms with E-state index < -0.39 is 6.10 Å². The molecule has 1 amide bonds. The molecule has 0 radical (unpaired) electrons. The molecule has 0 spiro atoms. The van der Waals surface area contributed by atoms with Crippen LogP contribution in [0.2, 0.25) is 0 Å². The molecule has 0 saturated heterocycles. The molecular formula is C18H22N2O2. The Bertz CT molecular complexity index is 628. The van der Waals surface area contributed by atoms with Gasteiger partial charge in [0, 0.05) is 12.6 Å². The van der Waals surface area contributed by atoms with E-state index in [0.29, 0.717) is 5.56 Å². The molecule has 0 bridgehead atoms. The van der Waals surface area contributed by atoms with E-state index in [-0.39, 0.29) is 11.9 Å². The first-order chi connectivity index (χ1) is 10.5. The molecule has 0 saturated carbocycles. The summed E-state index contributed by atoms with van der Waals surface area (Å²) in [6, 6.07) is 16.6. The number of likely N-dealkylation sites (N-methyl/N-ethyl adjacent to an activating group) is 1. The lowest BCUT2D eigenvalue weighted by molar-refractivity contribution is 0.0386. The summed E-state index contributed by atoms with van der Waals surface area (Å²) in [7, 11) is 1.76. The third-order valence-corrected chi connectivity index (χ3v) is 3.88. The third kappa shape index (κ3) is 3.72. The molecular weight excluding hydrogens is 276 g/mol. The SMILES string of the molecule is Cc1ccccc1C(=O)NN(C)[C@H](C)[C@@H](O)c1ccccc1. The van der Waals surface area contributed by atoms with Crippen molar-refractivity contribution in [2.45, 2.75) is 26.0 Å². The van der Waals surface area contributed by atoms with Crippen molar-refractivity contribution in [1.29, 1.82) is 0 Å². The van der Waals surface area contributed by atoms with Crippen LogP contribution in [0.25, 0.3) is 0 Å². The largest absolute Gasteiger partial charge is 0.387 e. The fourth-order valence-electron chi connectivity index (χ4n) is 2.29. The molecule has 2 aromatic rings. The van der Waals surface area contributed by atoms with Crippen molar-refractivity contribution in [2.75, 3.05) is 7.05 Å². The smallest absolute Gasteiger partial charge is 0.265 e. The van der Waals surface area contributed by atoms with Crippen LogP contribution in [-0.2, 0) is 0 Å². The Morgan fingerprint density at radius 1 is 1.09 bits per heavy atom. The molecule has 0 heterocycles. The highest BCUT2D eigenvalue weighted by Crippen LogP contribution is 2.19. The lowest BCUT2D eigenvalue weighted by Gasteiger charge is -2.29. The van der Waals surface area contributed by atoms with Crippen LogP contribution in [-0.4, -0.2) is 29.1 Å². The molecule has 22 heavy (non-hydrogen) atoms. The lowest BCUT2D eigenvalue weighted by atomic mass is 10.0. The van der Waals surface area contributed by atoms with E-state index in [4.69, 9.17) is 0 Å². The van der Waals surface area contributed by atoms with Crippen molar-refractivity contribution in [2.24, 2.45) is 0 Å². The van der Waals surface area contributed by atoms with E-state index >= 15 is 0 Å². The molecule has 2 aromatic carbocycles. The number of carbonyl (C=O) groups excluding carboxylic acids is 1. The molecule has 0 aliphatic carbocycles. The monoisotopic (exact) mass is 298 g/mol. The number of hydrogen-bond acceptors (Lipinski definition) is 3.